The molecule has 2 aromatic heterocycles. The highest BCUT2D eigenvalue weighted by Gasteiger charge is 2.16. The van der Waals surface area contributed by atoms with Crippen molar-refractivity contribution in [3.63, 3.8) is 0 Å². The van der Waals surface area contributed by atoms with Crippen molar-refractivity contribution in [1.82, 2.24) is 10.1 Å². The number of aromatic nitrogens is 2. The van der Waals surface area contributed by atoms with E-state index in [0.717, 1.165) is 44.9 Å². The van der Waals surface area contributed by atoms with Crippen LogP contribution in [0.2, 0.25) is 0 Å². The van der Waals surface area contributed by atoms with Crippen molar-refractivity contribution in [3.05, 3.63) is 52.5 Å². The fraction of sp³-hybridized carbons (Fsp3) is 0.294. The molecule has 0 spiro atoms. The van der Waals surface area contributed by atoms with Crippen LogP contribution in [0.5, 0.6) is 0 Å². The van der Waals surface area contributed by atoms with Crippen molar-refractivity contribution >= 4 is 28.4 Å². The summed E-state index contributed by atoms with van der Waals surface area (Å²) in [5, 5.41) is 4.94. The van der Waals surface area contributed by atoms with Crippen LogP contribution in [0, 0.1) is 20.8 Å². The monoisotopic (exact) mass is 314 g/mol. The molecule has 0 aliphatic heterocycles. The number of hydrogen-bond donors (Lipinski definition) is 1. The van der Waals surface area contributed by atoms with E-state index in [1.165, 1.54) is 0 Å². The third kappa shape index (κ3) is 2.68. The Labute approximate surface area is 133 Å². The number of carbonyl (C=O) groups is 1. The van der Waals surface area contributed by atoms with Gasteiger partial charge in [0.05, 0.1) is 11.4 Å². The van der Waals surface area contributed by atoms with Gasteiger partial charge in [-0.15, -0.1) is 11.8 Å². The maximum absolute atomic E-state index is 12.6. The maximum Gasteiger partial charge on any atom is 0.175 e. The summed E-state index contributed by atoms with van der Waals surface area (Å²) in [6.45, 7) is 5.78. The molecule has 0 aliphatic rings. The van der Waals surface area contributed by atoms with Crippen LogP contribution in [0.3, 0.4) is 0 Å². The minimum absolute atomic E-state index is 0.159. The van der Waals surface area contributed by atoms with Crippen molar-refractivity contribution in [2.75, 3.05) is 5.75 Å². The average molecular weight is 314 g/mol. The number of nitrogens with zero attached hydrogens (tertiary/aromatic N) is 1. The number of Topliss-reactive ketones (excluding diaryl/α,β-unsaturated/α-hetero) is 1. The van der Waals surface area contributed by atoms with Crippen molar-refractivity contribution in [3.8, 4) is 0 Å². The van der Waals surface area contributed by atoms with Crippen LogP contribution < -0.4 is 0 Å². The van der Waals surface area contributed by atoms with Gasteiger partial charge in [-0.25, -0.2) is 0 Å². The van der Waals surface area contributed by atoms with Crippen molar-refractivity contribution in [2.24, 2.45) is 0 Å². The highest BCUT2D eigenvalue weighted by Crippen LogP contribution is 2.25. The molecular weight excluding hydrogens is 296 g/mol. The number of nitrogens with one attached hydrogen (secondary N) is 1. The molecule has 0 fully saturated rings. The Morgan fingerprint density at radius 2 is 2.05 bits per heavy atom. The quantitative estimate of drug-likeness (QED) is 0.717. The third-order valence-corrected chi connectivity index (χ3v) is 4.79. The van der Waals surface area contributed by atoms with Gasteiger partial charge in [0.2, 0.25) is 0 Å². The number of aromatic amines is 1. The lowest BCUT2D eigenvalue weighted by Gasteiger charge is -2.02. The average Bonchev–Trinajstić information content (AvgIpc) is 2.99. The maximum atomic E-state index is 12.6. The van der Waals surface area contributed by atoms with Gasteiger partial charge in [-0.1, -0.05) is 23.4 Å². The Kier molecular flexibility index (Phi) is 4.07. The second-order valence-electron chi connectivity index (χ2n) is 5.39. The number of rotatable bonds is 5. The van der Waals surface area contributed by atoms with E-state index in [1.54, 1.807) is 11.8 Å². The van der Waals surface area contributed by atoms with Gasteiger partial charge in [0.15, 0.2) is 5.78 Å². The molecule has 0 unspecified atom stereocenters. The van der Waals surface area contributed by atoms with Crippen LogP contribution in [0.15, 0.2) is 28.8 Å². The van der Waals surface area contributed by atoms with Gasteiger partial charge >= 0.3 is 0 Å². The van der Waals surface area contributed by atoms with Crippen LogP contribution in [0.4, 0.5) is 0 Å². The Balaban J connectivity index is 1.73. The Bertz CT molecular complexity index is 813. The number of ketones is 1. The molecule has 0 bridgehead atoms. The van der Waals surface area contributed by atoms with Gasteiger partial charge in [-0.2, -0.15) is 0 Å². The van der Waals surface area contributed by atoms with Gasteiger partial charge in [0.25, 0.3) is 0 Å². The number of fused-ring (bicyclic) bond motifs is 1. The molecular formula is C17H18N2O2S. The molecule has 0 saturated heterocycles. The van der Waals surface area contributed by atoms with E-state index < -0.39 is 0 Å². The molecule has 0 atom stereocenters. The molecule has 0 radical (unpaired) electrons. The van der Waals surface area contributed by atoms with Gasteiger partial charge < -0.3 is 9.51 Å². The largest absolute Gasteiger partial charge is 0.361 e. The zero-order chi connectivity index (χ0) is 15.7. The predicted octanol–water partition coefficient (Wildman–Crippen LogP) is 4.20. The van der Waals surface area contributed by atoms with E-state index in [9.17, 15) is 4.79 Å². The number of para-hydroxylation sites is 1. The Morgan fingerprint density at radius 3 is 2.77 bits per heavy atom. The molecule has 1 aromatic carbocycles. The smallest absolute Gasteiger partial charge is 0.175 e. The summed E-state index contributed by atoms with van der Waals surface area (Å²) >= 11 is 1.60. The zero-order valence-corrected chi connectivity index (χ0v) is 13.7. The Morgan fingerprint density at radius 1 is 1.27 bits per heavy atom. The summed E-state index contributed by atoms with van der Waals surface area (Å²) in [5.74, 6) is 2.19. The van der Waals surface area contributed by atoms with Crippen molar-refractivity contribution in [2.45, 2.75) is 26.5 Å². The first kappa shape index (κ1) is 14.9. The lowest BCUT2D eigenvalue weighted by atomic mass is 10.1. The van der Waals surface area contributed by atoms with E-state index in [4.69, 9.17) is 4.52 Å². The minimum atomic E-state index is 0.159. The first-order valence-corrected chi connectivity index (χ1v) is 8.33. The number of H-pyrrole nitrogens is 1. The van der Waals surface area contributed by atoms with Crippen LogP contribution in [0.1, 0.15) is 33.1 Å². The van der Waals surface area contributed by atoms with E-state index >= 15 is 0 Å². The number of thioether (sulfide) groups is 1. The Hall–Kier alpha value is -2.01. The number of carbonyl (C=O) groups excluding carboxylic acids is 1. The van der Waals surface area contributed by atoms with Crippen LogP contribution in [-0.4, -0.2) is 21.7 Å². The molecule has 22 heavy (non-hydrogen) atoms. The molecule has 4 nitrogen and oxygen atoms in total. The van der Waals surface area contributed by atoms with Gasteiger partial charge in [0, 0.05) is 33.5 Å². The molecule has 3 rings (SSSR count). The molecule has 5 heteroatoms. The van der Waals surface area contributed by atoms with E-state index in [0.29, 0.717) is 5.75 Å². The van der Waals surface area contributed by atoms with Gasteiger partial charge in [-0.3, -0.25) is 4.79 Å². The third-order valence-electron chi connectivity index (χ3n) is 3.83. The first-order chi connectivity index (χ1) is 10.6. The number of aryl methyl sites for hydroxylation is 3. The zero-order valence-electron chi connectivity index (χ0n) is 12.9. The van der Waals surface area contributed by atoms with Gasteiger partial charge in [0.1, 0.15) is 5.76 Å². The second kappa shape index (κ2) is 6.01. The SMILES string of the molecule is Cc1noc(C)c1CSCC(=O)c1c(C)[nH]c2ccccc12. The molecule has 0 saturated carbocycles. The van der Waals surface area contributed by atoms with E-state index in [-0.39, 0.29) is 5.78 Å². The van der Waals surface area contributed by atoms with Crippen LogP contribution in [-0.2, 0) is 5.75 Å². The van der Waals surface area contributed by atoms with Gasteiger partial charge in [-0.05, 0) is 26.8 Å². The summed E-state index contributed by atoms with van der Waals surface area (Å²) in [7, 11) is 0. The normalized spacial score (nSPS) is 11.2. The van der Waals surface area contributed by atoms with Crippen molar-refractivity contribution in [1.29, 1.82) is 0 Å². The summed E-state index contributed by atoms with van der Waals surface area (Å²) in [6.07, 6.45) is 0. The molecule has 0 aliphatic carbocycles. The summed E-state index contributed by atoms with van der Waals surface area (Å²) in [6, 6.07) is 7.92. The fourth-order valence-electron chi connectivity index (χ4n) is 2.66. The fourth-order valence-corrected chi connectivity index (χ4v) is 3.71. The summed E-state index contributed by atoms with van der Waals surface area (Å²) < 4.78 is 5.15. The standard InChI is InChI=1S/C17H18N2O2S/c1-10-14(12(3)21-19-10)8-22-9-16(20)17-11(2)18-15-7-5-4-6-13(15)17/h4-7,18H,8-9H2,1-3H3. The lowest BCUT2D eigenvalue weighted by Crippen LogP contribution is -2.04. The summed E-state index contributed by atoms with van der Waals surface area (Å²) in [4.78, 5) is 15.8. The summed E-state index contributed by atoms with van der Waals surface area (Å²) in [5.41, 5.74) is 4.75. The highest BCUT2D eigenvalue weighted by atomic mass is 32.2. The predicted molar refractivity (Wildman–Crippen MR) is 89.5 cm³/mol. The minimum Gasteiger partial charge on any atom is -0.361 e. The van der Waals surface area contributed by atoms with E-state index in [2.05, 4.69) is 10.1 Å². The first-order valence-electron chi connectivity index (χ1n) is 7.18. The van der Waals surface area contributed by atoms with Crippen molar-refractivity contribution < 1.29 is 9.32 Å². The van der Waals surface area contributed by atoms with Crippen LogP contribution in [0.25, 0.3) is 10.9 Å². The molecule has 2 heterocycles. The highest BCUT2D eigenvalue weighted by molar-refractivity contribution is 7.99. The van der Waals surface area contributed by atoms with Crippen LogP contribution >= 0.6 is 11.8 Å². The molecule has 1 N–H and O–H groups in total. The topological polar surface area (TPSA) is 58.9 Å². The lowest BCUT2D eigenvalue weighted by molar-refractivity contribution is 0.102. The molecule has 3 aromatic rings. The van der Waals surface area contributed by atoms with E-state index in [1.807, 2.05) is 45.0 Å². The second-order valence-corrected chi connectivity index (χ2v) is 6.37. The number of hydrogen-bond acceptors (Lipinski definition) is 4. The molecule has 0 amide bonds. The number of benzene rings is 1. The molecule has 114 valence electrons.